The van der Waals surface area contributed by atoms with Crippen LogP contribution >= 0.6 is 11.3 Å². The molecule has 1 aromatic heterocycles. The molecule has 2 heteroatoms. The van der Waals surface area contributed by atoms with E-state index in [1.807, 2.05) is 11.3 Å². The molecule has 0 aliphatic heterocycles. The number of anilines is 3. The first-order chi connectivity index (χ1) is 33.5. The van der Waals surface area contributed by atoms with Crippen molar-refractivity contribution < 1.29 is 0 Å². The van der Waals surface area contributed by atoms with Crippen molar-refractivity contribution in [2.24, 2.45) is 0 Å². The fraction of sp³-hybridized carbons (Fsp3) is 0.134. The van der Waals surface area contributed by atoms with Crippen LogP contribution in [0.1, 0.15) is 74.9 Å². The van der Waals surface area contributed by atoms with Crippen LogP contribution in [0, 0.1) is 0 Å². The van der Waals surface area contributed by atoms with Crippen molar-refractivity contribution in [3.63, 3.8) is 0 Å². The van der Waals surface area contributed by atoms with Crippen molar-refractivity contribution in [2.45, 2.75) is 57.8 Å². The van der Waals surface area contributed by atoms with E-state index in [9.17, 15) is 0 Å². The van der Waals surface area contributed by atoms with Crippen molar-refractivity contribution in [2.75, 3.05) is 4.90 Å². The van der Waals surface area contributed by atoms with Crippen LogP contribution in [-0.2, 0) is 16.2 Å². The van der Waals surface area contributed by atoms with Gasteiger partial charge >= 0.3 is 0 Å². The predicted molar refractivity (Wildman–Crippen MR) is 296 cm³/mol. The van der Waals surface area contributed by atoms with Gasteiger partial charge in [-0.15, -0.1) is 11.3 Å². The molecular formula is C67H53NS. The second-order valence-electron chi connectivity index (χ2n) is 21.3. The maximum absolute atomic E-state index is 2.58. The summed E-state index contributed by atoms with van der Waals surface area (Å²) in [6.45, 7) is 14.1. The second kappa shape index (κ2) is 15.2. The lowest BCUT2D eigenvalue weighted by molar-refractivity contribution is 0.586. The highest BCUT2D eigenvalue weighted by Gasteiger charge is 2.53. The zero-order valence-corrected chi connectivity index (χ0v) is 40.9. The quantitative estimate of drug-likeness (QED) is 0.166. The van der Waals surface area contributed by atoms with E-state index >= 15 is 0 Å². The molecule has 2 aliphatic carbocycles. The van der Waals surface area contributed by atoms with Crippen LogP contribution in [-0.4, -0.2) is 0 Å². The first kappa shape index (κ1) is 41.7. The average Bonchev–Trinajstić information content (AvgIpc) is 4.01. The molecule has 11 aromatic rings. The maximum Gasteiger partial charge on any atom is 0.0726 e. The summed E-state index contributed by atoms with van der Waals surface area (Å²) in [4.78, 5) is 2.58. The SMILES string of the molecule is CC(C)(C)c1ccc2c(c1)C1(c3cc(C(C)(C)C)ccc3-2)c2ccccc2-c2c(N(c3ccc(-c4ccc5ccccc5c4)cc3)c3cccc4c3sc3c(-c5ccccc5)cccc34)cccc21. The second-order valence-corrected chi connectivity index (χ2v) is 22.3. The van der Waals surface area contributed by atoms with E-state index in [4.69, 9.17) is 0 Å². The number of rotatable bonds is 5. The Morgan fingerprint density at radius 1 is 0.362 bits per heavy atom. The van der Waals surface area contributed by atoms with Gasteiger partial charge in [0.15, 0.2) is 0 Å². The Hall–Kier alpha value is -7.52. The molecule has 0 fully saturated rings. The van der Waals surface area contributed by atoms with Crippen molar-refractivity contribution in [3.8, 4) is 44.5 Å². The number of thiophene rings is 1. The topological polar surface area (TPSA) is 3.24 Å². The standard InChI is InChI=1S/C67H53NS/c1-65(2,3)47-33-37-51-52-38-34-48(66(4,5)6)41-59(52)67(58(51)40-47)56-25-13-12-21-55(56)62-57(67)26-16-27-60(62)68(49-35-31-43(32-36-49)46-30-29-42-17-10-11-20-45(42)39-46)61-28-15-24-54-53-23-14-22-50(63(53)69-64(54)61)44-18-8-7-9-19-44/h7-41H,1-6H3. The Morgan fingerprint density at radius 2 is 0.928 bits per heavy atom. The summed E-state index contributed by atoms with van der Waals surface area (Å²) in [7, 11) is 0. The molecule has 332 valence electrons. The molecule has 0 unspecified atom stereocenters. The first-order valence-corrected chi connectivity index (χ1v) is 25.2. The summed E-state index contributed by atoms with van der Waals surface area (Å²) >= 11 is 1.91. The van der Waals surface area contributed by atoms with Gasteiger partial charge in [-0.05, 0) is 124 Å². The van der Waals surface area contributed by atoms with E-state index in [0.29, 0.717) is 0 Å². The van der Waals surface area contributed by atoms with E-state index in [1.165, 1.54) is 120 Å². The first-order valence-electron chi connectivity index (χ1n) is 24.4. The van der Waals surface area contributed by atoms with Crippen LogP contribution in [0.25, 0.3) is 75.5 Å². The summed E-state index contributed by atoms with van der Waals surface area (Å²) in [5.74, 6) is 0. The monoisotopic (exact) mass is 903 g/mol. The molecule has 10 aromatic carbocycles. The summed E-state index contributed by atoms with van der Waals surface area (Å²) < 4.78 is 2.58. The number of benzene rings is 10. The normalized spacial score (nSPS) is 13.5. The fourth-order valence-electron chi connectivity index (χ4n) is 11.7. The van der Waals surface area contributed by atoms with E-state index in [1.54, 1.807) is 0 Å². The Bertz CT molecular complexity index is 3790. The molecule has 1 nitrogen and oxygen atoms in total. The minimum absolute atomic E-state index is 0.0243. The zero-order chi connectivity index (χ0) is 46.8. The van der Waals surface area contributed by atoms with Gasteiger partial charge in [-0.2, -0.15) is 0 Å². The van der Waals surface area contributed by atoms with Crippen molar-refractivity contribution >= 4 is 59.3 Å². The molecule has 69 heavy (non-hydrogen) atoms. The smallest absolute Gasteiger partial charge is 0.0726 e. The molecule has 0 saturated carbocycles. The highest BCUT2D eigenvalue weighted by Crippen LogP contribution is 2.65. The molecule has 1 spiro atoms. The summed E-state index contributed by atoms with van der Waals surface area (Å²) in [6.07, 6.45) is 0. The van der Waals surface area contributed by atoms with Crippen molar-refractivity contribution in [1.29, 1.82) is 0 Å². The molecule has 0 saturated heterocycles. The molecule has 0 amide bonds. The molecule has 0 N–H and O–H groups in total. The van der Waals surface area contributed by atoms with E-state index < -0.39 is 5.41 Å². The van der Waals surface area contributed by atoms with Gasteiger partial charge in [0, 0.05) is 26.7 Å². The van der Waals surface area contributed by atoms with Crippen LogP contribution in [0.2, 0.25) is 0 Å². The number of fused-ring (bicyclic) bond motifs is 14. The highest BCUT2D eigenvalue weighted by atomic mass is 32.1. The Morgan fingerprint density at radius 3 is 1.64 bits per heavy atom. The Labute approximate surface area is 410 Å². The minimum atomic E-state index is -0.519. The highest BCUT2D eigenvalue weighted by molar-refractivity contribution is 7.27. The van der Waals surface area contributed by atoms with E-state index in [2.05, 4.69) is 259 Å². The minimum Gasteiger partial charge on any atom is -0.308 e. The van der Waals surface area contributed by atoms with E-state index in [0.717, 1.165) is 5.69 Å². The third kappa shape index (κ3) is 6.28. The lowest BCUT2D eigenvalue weighted by Crippen LogP contribution is -2.27. The molecular weight excluding hydrogens is 851 g/mol. The zero-order valence-electron chi connectivity index (χ0n) is 40.1. The van der Waals surface area contributed by atoms with Gasteiger partial charge in [0.25, 0.3) is 0 Å². The van der Waals surface area contributed by atoms with Gasteiger partial charge < -0.3 is 4.90 Å². The number of hydrogen-bond donors (Lipinski definition) is 0. The average molecular weight is 904 g/mol. The van der Waals surface area contributed by atoms with Gasteiger partial charge in [-0.3, -0.25) is 0 Å². The van der Waals surface area contributed by atoms with Crippen molar-refractivity contribution in [1.82, 2.24) is 0 Å². The largest absolute Gasteiger partial charge is 0.308 e. The fourth-order valence-corrected chi connectivity index (χ4v) is 13.1. The maximum atomic E-state index is 2.58. The molecule has 0 bridgehead atoms. The summed E-state index contributed by atoms with van der Waals surface area (Å²) in [5.41, 5.74) is 21.2. The molecule has 1 heterocycles. The molecule has 13 rings (SSSR count). The van der Waals surface area contributed by atoms with Gasteiger partial charge in [0.1, 0.15) is 0 Å². The molecule has 2 aliphatic rings. The van der Waals surface area contributed by atoms with Gasteiger partial charge in [-0.1, -0.05) is 224 Å². The molecule has 0 radical (unpaired) electrons. The Kier molecular flexibility index (Phi) is 9.20. The van der Waals surface area contributed by atoms with Gasteiger partial charge in [0.2, 0.25) is 0 Å². The van der Waals surface area contributed by atoms with E-state index in [-0.39, 0.29) is 10.8 Å². The van der Waals surface area contributed by atoms with Gasteiger partial charge in [0.05, 0.1) is 21.5 Å². The predicted octanol–water partition coefficient (Wildman–Crippen LogP) is 18.9. The van der Waals surface area contributed by atoms with Crippen LogP contribution in [0.5, 0.6) is 0 Å². The molecule has 0 atom stereocenters. The van der Waals surface area contributed by atoms with Crippen LogP contribution < -0.4 is 4.90 Å². The Balaban J connectivity index is 1.10. The number of hydrogen-bond acceptors (Lipinski definition) is 2. The summed E-state index contributed by atoms with van der Waals surface area (Å²) in [5, 5.41) is 5.06. The lowest BCUT2D eigenvalue weighted by Gasteiger charge is -2.33. The van der Waals surface area contributed by atoms with Crippen LogP contribution in [0.3, 0.4) is 0 Å². The van der Waals surface area contributed by atoms with Crippen molar-refractivity contribution in [3.05, 3.63) is 246 Å². The third-order valence-corrected chi connectivity index (χ3v) is 16.5. The van der Waals surface area contributed by atoms with Crippen LogP contribution in [0.15, 0.2) is 212 Å². The van der Waals surface area contributed by atoms with Gasteiger partial charge in [-0.25, -0.2) is 0 Å². The third-order valence-electron chi connectivity index (χ3n) is 15.2. The lowest BCUT2D eigenvalue weighted by atomic mass is 9.69. The number of nitrogens with zero attached hydrogens (tertiary/aromatic N) is 1. The van der Waals surface area contributed by atoms with Crippen LogP contribution in [0.4, 0.5) is 17.1 Å². The summed E-state index contributed by atoms with van der Waals surface area (Å²) in [6, 6.07) is 80.5.